The predicted molar refractivity (Wildman–Crippen MR) is 35.9 cm³/mol. The largest absolute Gasteiger partial charge is 0.369 e. The standard InChI is InChI=1S/C8H11NO/c9-8(10)6-3-1-4-5(2-3)7(4)6/h3-7H,1-2H2,(H2,9,10)/t3?,4-,5-,6+,7?/m0/s1. The molecule has 0 aliphatic heterocycles. The highest BCUT2D eigenvalue weighted by Gasteiger charge is 2.69. The van der Waals surface area contributed by atoms with E-state index in [0.717, 1.165) is 17.8 Å². The molecule has 0 unspecified atom stereocenters. The number of nitrogens with two attached hydrogens (primary N) is 1. The maximum absolute atomic E-state index is 10.9. The molecule has 0 aromatic carbocycles. The molecule has 54 valence electrons. The zero-order valence-corrected chi connectivity index (χ0v) is 5.79. The molecular weight excluding hydrogens is 126 g/mol. The summed E-state index contributed by atoms with van der Waals surface area (Å²) in [4.78, 5) is 10.9. The van der Waals surface area contributed by atoms with Crippen molar-refractivity contribution in [2.24, 2.45) is 35.3 Å². The van der Waals surface area contributed by atoms with Gasteiger partial charge in [-0.2, -0.15) is 0 Å². The molecule has 0 saturated heterocycles. The maximum atomic E-state index is 10.9. The Morgan fingerprint density at radius 1 is 1.30 bits per heavy atom. The van der Waals surface area contributed by atoms with Gasteiger partial charge in [-0.05, 0) is 36.5 Å². The highest BCUT2D eigenvalue weighted by Crippen LogP contribution is 2.73. The molecule has 2 N–H and O–H groups in total. The first-order valence-electron chi connectivity index (χ1n) is 4.08. The third-order valence-corrected chi connectivity index (χ3v) is 3.80. The molecule has 0 aromatic heterocycles. The summed E-state index contributed by atoms with van der Waals surface area (Å²) in [7, 11) is 0. The van der Waals surface area contributed by atoms with Gasteiger partial charge in [0.25, 0.3) is 0 Å². The molecule has 4 aliphatic carbocycles. The average Bonchev–Trinajstić information content (AvgIpc) is 2.38. The predicted octanol–water partition coefficient (Wildman–Crippen LogP) is 0.374. The van der Waals surface area contributed by atoms with Crippen LogP contribution < -0.4 is 5.73 Å². The van der Waals surface area contributed by atoms with Gasteiger partial charge in [-0.25, -0.2) is 0 Å². The van der Waals surface area contributed by atoms with Crippen molar-refractivity contribution in [3.05, 3.63) is 0 Å². The van der Waals surface area contributed by atoms with Gasteiger partial charge >= 0.3 is 0 Å². The van der Waals surface area contributed by atoms with Crippen LogP contribution in [0.25, 0.3) is 0 Å². The van der Waals surface area contributed by atoms with Crippen LogP contribution in [0.5, 0.6) is 0 Å². The highest BCUT2D eigenvalue weighted by molar-refractivity contribution is 5.79. The molecule has 4 saturated carbocycles. The van der Waals surface area contributed by atoms with Gasteiger partial charge < -0.3 is 5.73 Å². The molecule has 4 fully saturated rings. The second kappa shape index (κ2) is 1.25. The Kier molecular flexibility index (Phi) is 0.644. The third kappa shape index (κ3) is 0.360. The molecule has 4 rings (SSSR count). The lowest BCUT2D eigenvalue weighted by atomic mass is 9.98. The summed E-state index contributed by atoms with van der Waals surface area (Å²) >= 11 is 0. The Morgan fingerprint density at radius 2 is 1.90 bits per heavy atom. The first-order valence-corrected chi connectivity index (χ1v) is 4.08. The highest BCUT2D eigenvalue weighted by atomic mass is 16.1. The summed E-state index contributed by atoms with van der Waals surface area (Å²) < 4.78 is 0. The molecule has 2 nitrogen and oxygen atoms in total. The first-order chi connectivity index (χ1) is 4.79. The van der Waals surface area contributed by atoms with E-state index in [4.69, 9.17) is 5.73 Å². The number of carbonyl (C=O) groups excluding carboxylic acids is 1. The van der Waals surface area contributed by atoms with Gasteiger partial charge in [-0.15, -0.1) is 0 Å². The monoisotopic (exact) mass is 137 g/mol. The van der Waals surface area contributed by atoms with Gasteiger partial charge in [0.1, 0.15) is 0 Å². The van der Waals surface area contributed by atoms with Gasteiger partial charge in [0, 0.05) is 5.92 Å². The summed E-state index contributed by atoms with van der Waals surface area (Å²) in [6.45, 7) is 0. The van der Waals surface area contributed by atoms with Gasteiger partial charge in [-0.3, -0.25) is 4.79 Å². The molecule has 0 radical (unpaired) electrons. The number of hydrogen-bond acceptors (Lipinski definition) is 1. The molecular formula is C8H11NO. The van der Waals surface area contributed by atoms with Crippen molar-refractivity contribution in [1.29, 1.82) is 0 Å². The van der Waals surface area contributed by atoms with E-state index in [2.05, 4.69) is 0 Å². The minimum Gasteiger partial charge on any atom is -0.369 e. The van der Waals surface area contributed by atoms with E-state index in [0.29, 0.717) is 5.92 Å². The number of amides is 1. The molecule has 4 bridgehead atoms. The molecule has 0 heterocycles. The Balaban J connectivity index is 1.97. The minimum absolute atomic E-state index is 0.0301. The molecule has 1 amide bonds. The molecule has 2 heteroatoms. The second-order valence-corrected chi connectivity index (χ2v) is 4.06. The lowest BCUT2D eigenvalue weighted by molar-refractivity contribution is -0.122. The minimum atomic E-state index is -0.0301. The van der Waals surface area contributed by atoms with Gasteiger partial charge in [0.15, 0.2) is 0 Å². The molecule has 0 spiro atoms. The van der Waals surface area contributed by atoms with E-state index in [1.54, 1.807) is 0 Å². The molecule has 3 atom stereocenters. The smallest absolute Gasteiger partial charge is 0.221 e. The number of primary amides is 1. The summed E-state index contributed by atoms with van der Waals surface area (Å²) in [6, 6.07) is 0. The number of hydrogen-bond donors (Lipinski definition) is 1. The van der Waals surface area contributed by atoms with Crippen LogP contribution in [0.1, 0.15) is 12.8 Å². The van der Waals surface area contributed by atoms with Gasteiger partial charge in [-0.1, -0.05) is 0 Å². The van der Waals surface area contributed by atoms with Crippen LogP contribution in [0, 0.1) is 29.6 Å². The quantitative estimate of drug-likeness (QED) is 0.557. The van der Waals surface area contributed by atoms with Crippen molar-refractivity contribution >= 4 is 5.91 Å². The average molecular weight is 137 g/mol. The van der Waals surface area contributed by atoms with Crippen LogP contribution in [-0.4, -0.2) is 5.91 Å². The van der Waals surface area contributed by atoms with E-state index < -0.39 is 0 Å². The SMILES string of the molecule is NC(=O)[C@@H]1C2C[C@@H]3C1[C@H]3C2. The summed E-state index contributed by atoms with van der Waals surface area (Å²) in [5.74, 6) is 3.53. The lowest BCUT2D eigenvalue weighted by Gasteiger charge is -2.08. The Hall–Kier alpha value is -0.530. The van der Waals surface area contributed by atoms with E-state index in [-0.39, 0.29) is 11.8 Å². The second-order valence-electron chi connectivity index (χ2n) is 4.06. The summed E-state index contributed by atoms with van der Waals surface area (Å²) in [5, 5.41) is 0. The molecule has 10 heavy (non-hydrogen) atoms. The first kappa shape index (κ1) is 5.16. The van der Waals surface area contributed by atoms with E-state index in [1.807, 2.05) is 0 Å². The topological polar surface area (TPSA) is 43.1 Å². The Bertz CT molecular complexity index is 199. The fourth-order valence-electron chi connectivity index (χ4n) is 3.50. The van der Waals surface area contributed by atoms with Crippen molar-refractivity contribution in [3.8, 4) is 0 Å². The van der Waals surface area contributed by atoms with Crippen molar-refractivity contribution < 1.29 is 4.79 Å². The Morgan fingerprint density at radius 3 is 2.10 bits per heavy atom. The van der Waals surface area contributed by atoms with E-state index >= 15 is 0 Å². The van der Waals surface area contributed by atoms with E-state index in [1.165, 1.54) is 12.8 Å². The van der Waals surface area contributed by atoms with Crippen LogP contribution in [0.2, 0.25) is 0 Å². The van der Waals surface area contributed by atoms with Crippen molar-refractivity contribution in [3.63, 3.8) is 0 Å². The molecule has 0 aromatic rings. The number of rotatable bonds is 1. The van der Waals surface area contributed by atoms with Gasteiger partial charge in [0.05, 0.1) is 0 Å². The van der Waals surface area contributed by atoms with Crippen LogP contribution >= 0.6 is 0 Å². The van der Waals surface area contributed by atoms with Crippen LogP contribution in [-0.2, 0) is 4.79 Å². The third-order valence-electron chi connectivity index (χ3n) is 3.80. The van der Waals surface area contributed by atoms with Gasteiger partial charge in [0.2, 0.25) is 5.91 Å². The molecule has 4 aliphatic rings. The number of carbonyl (C=O) groups is 1. The lowest BCUT2D eigenvalue weighted by Crippen LogP contribution is -2.25. The Labute approximate surface area is 59.8 Å². The van der Waals surface area contributed by atoms with Crippen LogP contribution in [0.4, 0.5) is 0 Å². The van der Waals surface area contributed by atoms with Crippen molar-refractivity contribution in [2.75, 3.05) is 0 Å². The van der Waals surface area contributed by atoms with Crippen molar-refractivity contribution in [2.45, 2.75) is 12.8 Å². The van der Waals surface area contributed by atoms with Crippen LogP contribution in [0.3, 0.4) is 0 Å². The normalized spacial score (nSPS) is 61.0. The van der Waals surface area contributed by atoms with Crippen molar-refractivity contribution in [1.82, 2.24) is 0 Å². The van der Waals surface area contributed by atoms with Crippen LogP contribution in [0.15, 0.2) is 0 Å². The zero-order chi connectivity index (χ0) is 6.88. The maximum Gasteiger partial charge on any atom is 0.221 e. The summed E-state index contributed by atoms with van der Waals surface area (Å²) in [6.07, 6.45) is 2.62. The summed E-state index contributed by atoms with van der Waals surface area (Å²) in [5.41, 5.74) is 5.29. The fraction of sp³-hybridized carbons (Fsp3) is 0.875. The zero-order valence-electron chi connectivity index (χ0n) is 5.79. The fourth-order valence-corrected chi connectivity index (χ4v) is 3.50. The van der Waals surface area contributed by atoms with E-state index in [9.17, 15) is 4.79 Å².